The van der Waals surface area contributed by atoms with Crippen LogP contribution in [0.1, 0.15) is 5.69 Å². The largest absolute Gasteiger partial charge is 0.363 e. The van der Waals surface area contributed by atoms with Crippen LogP contribution in [0, 0.1) is 0 Å². The zero-order valence-electron chi connectivity index (χ0n) is 14.1. The highest BCUT2D eigenvalue weighted by Crippen LogP contribution is 2.17. The average molecular weight is 316 g/mol. The van der Waals surface area contributed by atoms with Crippen LogP contribution >= 0.6 is 0 Å². The van der Waals surface area contributed by atoms with Gasteiger partial charge in [-0.05, 0) is 0 Å². The maximum absolute atomic E-state index is 4.42. The van der Waals surface area contributed by atoms with Crippen molar-refractivity contribution in [3.05, 3.63) is 24.3 Å². The van der Waals surface area contributed by atoms with E-state index in [-0.39, 0.29) is 0 Å². The molecule has 0 unspecified atom stereocenters. The molecule has 1 saturated heterocycles. The van der Waals surface area contributed by atoms with Gasteiger partial charge in [0.1, 0.15) is 18.0 Å². The third-order valence-electron chi connectivity index (χ3n) is 4.13. The van der Waals surface area contributed by atoms with Gasteiger partial charge in [-0.15, -0.1) is 5.10 Å². The summed E-state index contributed by atoms with van der Waals surface area (Å²) in [5.74, 6) is 1.96. The lowest BCUT2D eigenvalue weighted by molar-refractivity contribution is 0.259. The Hall–Kier alpha value is -2.22. The van der Waals surface area contributed by atoms with Crippen molar-refractivity contribution in [2.24, 2.45) is 7.05 Å². The van der Waals surface area contributed by atoms with Crippen LogP contribution in [0.3, 0.4) is 0 Å². The molecule has 0 N–H and O–H groups in total. The molecular weight excluding hydrogens is 292 g/mol. The fourth-order valence-corrected chi connectivity index (χ4v) is 2.74. The first-order valence-electron chi connectivity index (χ1n) is 7.93. The minimum Gasteiger partial charge on any atom is -0.363 e. The lowest BCUT2D eigenvalue weighted by Crippen LogP contribution is -2.47. The van der Waals surface area contributed by atoms with E-state index in [0.717, 1.165) is 56.5 Å². The fraction of sp³-hybridized carbons (Fsp3) is 0.600. The van der Waals surface area contributed by atoms with Crippen molar-refractivity contribution >= 4 is 11.6 Å². The molecule has 1 aliphatic rings. The van der Waals surface area contributed by atoms with Gasteiger partial charge >= 0.3 is 0 Å². The summed E-state index contributed by atoms with van der Waals surface area (Å²) in [6.07, 6.45) is 4.58. The summed E-state index contributed by atoms with van der Waals surface area (Å²) in [5, 5.41) is 8.12. The molecule has 0 saturated carbocycles. The van der Waals surface area contributed by atoms with Gasteiger partial charge in [0.05, 0.1) is 5.69 Å². The molecule has 0 bridgehead atoms. The number of anilines is 2. The van der Waals surface area contributed by atoms with Crippen LogP contribution in [0.5, 0.6) is 0 Å². The van der Waals surface area contributed by atoms with Crippen LogP contribution in [0.2, 0.25) is 0 Å². The van der Waals surface area contributed by atoms with E-state index in [4.69, 9.17) is 0 Å². The highest BCUT2D eigenvalue weighted by Gasteiger charge is 2.18. The molecule has 1 fully saturated rings. The molecule has 124 valence electrons. The smallest absolute Gasteiger partial charge is 0.134 e. The number of nitrogens with zero attached hydrogens (tertiary/aromatic N) is 8. The summed E-state index contributed by atoms with van der Waals surface area (Å²) in [6, 6.07) is 2.05. The second kappa shape index (κ2) is 6.91. The predicted molar refractivity (Wildman–Crippen MR) is 89.7 cm³/mol. The SMILES string of the molecule is CN(C)c1cc(N2CCN(CCc3cn(C)nn3)CC2)ncn1. The summed E-state index contributed by atoms with van der Waals surface area (Å²) in [7, 11) is 5.89. The van der Waals surface area contributed by atoms with Gasteiger partial charge < -0.3 is 9.80 Å². The predicted octanol–water partition coefficient (Wildman–Crippen LogP) is 0.0358. The maximum Gasteiger partial charge on any atom is 0.134 e. The van der Waals surface area contributed by atoms with E-state index in [2.05, 4.69) is 36.1 Å². The van der Waals surface area contributed by atoms with Crippen molar-refractivity contribution in [2.75, 3.05) is 56.6 Å². The van der Waals surface area contributed by atoms with E-state index in [1.807, 2.05) is 32.2 Å². The molecule has 1 aliphatic heterocycles. The van der Waals surface area contributed by atoms with Crippen molar-refractivity contribution in [1.82, 2.24) is 29.9 Å². The van der Waals surface area contributed by atoms with Crippen molar-refractivity contribution in [3.8, 4) is 0 Å². The van der Waals surface area contributed by atoms with Crippen LogP contribution in [0.4, 0.5) is 11.6 Å². The van der Waals surface area contributed by atoms with Crippen molar-refractivity contribution < 1.29 is 0 Å². The van der Waals surface area contributed by atoms with E-state index in [1.165, 1.54) is 0 Å². The Morgan fingerprint density at radius 2 is 1.91 bits per heavy atom. The minimum absolute atomic E-state index is 0.945. The summed E-state index contributed by atoms with van der Waals surface area (Å²) in [4.78, 5) is 15.5. The third-order valence-corrected chi connectivity index (χ3v) is 4.13. The number of aromatic nitrogens is 5. The quantitative estimate of drug-likeness (QED) is 0.771. The van der Waals surface area contributed by atoms with Gasteiger partial charge in [-0.2, -0.15) is 0 Å². The Kier molecular flexibility index (Phi) is 4.71. The zero-order chi connectivity index (χ0) is 16.2. The van der Waals surface area contributed by atoms with Crippen LogP contribution in [0.15, 0.2) is 18.6 Å². The van der Waals surface area contributed by atoms with Gasteiger partial charge in [-0.3, -0.25) is 9.58 Å². The number of piperazine rings is 1. The van der Waals surface area contributed by atoms with Gasteiger partial charge in [0.15, 0.2) is 0 Å². The third kappa shape index (κ3) is 3.95. The average Bonchev–Trinajstić information content (AvgIpc) is 2.99. The molecule has 0 aliphatic carbocycles. The number of hydrogen-bond donors (Lipinski definition) is 0. The summed E-state index contributed by atoms with van der Waals surface area (Å²) in [6.45, 7) is 5.09. The van der Waals surface area contributed by atoms with E-state index >= 15 is 0 Å². The molecule has 3 rings (SSSR count). The Morgan fingerprint density at radius 1 is 1.13 bits per heavy atom. The van der Waals surface area contributed by atoms with Gasteiger partial charge in [-0.1, -0.05) is 5.21 Å². The van der Waals surface area contributed by atoms with Crippen molar-refractivity contribution in [1.29, 1.82) is 0 Å². The number of rotatable bonds is 5. The van der Waals surface area contributed by atoms with E-state index in [1.54, 1.807) is 11.0 Å². The molecule has 8 nitrogen and oxygen atoms in total. The second-order valence-corrected chi connectivity index (χ2v) is 6.09. The second-order valence-electron chi connectivity index (χ2n) is 6.09. The molecule has 0 aromatic carbocycles. The first-order valence-corrected chi connectivity index (χ1v) is 7.93. The molecule has 0 amide bonds. The molecule has 23 heavy (non-hydrogen) atoms. The van der Waals surface area contributed by atoms with Crippen LogP contribution in [0.25, 0.3) is 0 Å². The fourth-order valence-electron chi connectivity index (χ4n) is 2.74. The summed E-state index contributed by atoms with van der Waals surface area (Å²) < 4.78 is 1.75. The van der Waals surface area contributed by atoms with Crippen molar-refractivity contribution in [3.63, 3.8) is 0 Å². The normalized spacial score (nSPS) is 15.9. The first kappa shape index (κ1) is 15.7. The molecule has 0 spiro atoms. The van der Waals surface area contributed by atoms with E-state index in [0.29, 0.717) is 0 Å². The molecule has 0 atom stereocenters. The van der Waals surface area contributed by atoms with E-state index < -0.39 is 0 Å². The highest BCUT2D eigenvalue weighted by molar-refractivity contribution is 5.49. The van der Waals surface area contributed by atoms with Gasteiger partial charge in [0.2, 0.25) is 0 Å². The maximum atomic E-state index is 4.42. The lowest BCUT2D eigenvalue weighted by Gasteiger charge is -2.35. The Morgan fingerprint density at radius 3 is 2.57 bits per heavy atom. The number of hydrogen-bond acceptors (Lipinski definition) is 7. The van der Waals surface area contributed by atoms with Gasteiger partial charge in [-0.25, -0.2) is 9.97 Å². The first-order chi connectivity index (χ1) is 11.1. The Balaban J connectivity index is 1.51. The van der Waals surface area contributed by atoms with Gasteiger partial charge in [0, 0.05) is 72.6 Å². The molecule has 3 heterocycles. The van der Waals surface area contributed by atoms with E-state index in [9.17, 15) is 0 Å². The molecule has 2 aromatic rings. The molecule has 2 aromatic heterocycles. The van der Waals surface area contributed by atoms with Crippen LogP contribution < -0.4 is 9.80 Å². The van der Waals surface area contributed by atoms with Crippen molar-refractivity contribution in [2.45, 2.75) is 6.42 Å². The summed E-state index contributed by atoms with van der Waals surface area (Å²) in [5.41, 5.74) is 1.06. The Labute approximate surface area is 136 Å². The minimum atomic E-state index is 0.945. The van der Waals surface area contributed by atoms with Crippen LogP contribution in [-0.2, 0) is 13.5 Å². The molecule has 0 radical (unpaired) electrons. The lowest BCUT2D eigenvalue weighted by atomic mass is 10.2. The highest BCUT2D eigenvalue weighted by atomic mass is 15.4. The topological polar surface area (TPSA) is 66.2 Å². The Bertz CT molecular complexity index is 630. The van der Waals surface area contributed by atoms with Gasteiger partial charge in [0.25, 0.3) is 0 Å². The molecule has 8 heteroatoms. The zero-order valence-corrected chi connectivity index (χ0v) is 14.1. The monoisotopic (exact) mass is 316 g/mol. The number of aryl methyl sites for hydroxylation is 1. The molecular formula is C15H24N8. The summed E-state index contributed by atoms with van der Waals surface area (Å²) >= 11 is 0. The standard InChI is InChI=1S/C15H24N8/c1-20(2)14-10-15(17-12-16-14)23-8-6-22(7-9-23)5-4-13-11-21(3)19-18-13/h10-12H,4-9H2,1-3H3. The van der Waals surface area contributed by atoms with Crippen LogP contribution in [-0.4, -0.2) is 76.7 Å².